The molecular weight excluding hydrogens is 1080 g/mol. The van der Waals surface area contributed by atoms with Crippen molar-refractivity contribution in [2.45, 2.75) is 257 Å². The third-order valence-corrected chi connectivity index (χ3v) is 14.0. The molecule has 2 unspecified atom stereocenters. The molecule has 9 heteroatoms. The monoisotopic (exact) mass is 1200 g/mol. The Morgan fingerprint density at radius 3 is 0.920 bits per heavy atom. The molecule has 0 aromatic rings. The second-order valence-corrected chi connectivity index (χ2v) is 23.3. The van der Waals surface area contributed by atoms with Crippen molar-refractivity contribution in [3.63, 3.8) is 0 Å². The minimum Gasteiger partial charge on any atom is -0.545 e. The molecule has 0 radical (unpaired) electrons. The first kappa shape index (κ1) is 81.7. The van der Waals surface area contributed by atoms with Crippen molar-refractivity contribution < 1.29 is 42.9 Å². The van der Waals surface area contributed by atoms with Crippen molar-refractivity contribution in [1.82, 2.24) is 0 Å². The zero-order valence-corrected chi connectivity index (χ0v) is 55.8. The van der Waals surface area contributed by atoms with E-state index in [4.69, 9.17) is 18.9 Å². The number of carboxylic acid groups (broad SMARTS) is 1. The Balaban J connectivity index is 4.19. The number of rotatable bonds is 61. The van der Waals surface area contributed by atoms with E-state index >= 15 is 0 Å². The Hall–Kier alpha value is -5.35. The topological polar surface area (TPSA) is 111 Å². The van der Waals surface area contributed by atoms with Crippen molar-refractivity contribution in [1.29, 1.82) is 0 Å². The first-order chi connectivity index (χ1) is 42.6. The number of esters is 2. The largest absolute Gasteiger partial charge is 0.545 e. The predicted molar refractivity (Wildman–Crippen MR) is 370 cm³/mol. The number of carboxylic acids is 1. The van der Waals surface area contributed by atoms with Crippen LogP contribution in [0.4, 0.5) is 0 Å². The van der Waals surface area contributed by atoms with E-state index in [1.165, 1.54) is 64.2 Å². The Kier molecular flexibility index (Phi) is 62.5. The van der Waals surface area contributed by atoms with Gasteiger partial charge in [0.05, 0.1) is 40.3 Å². The maximum absolute atomic E-state index is 12.9. The average Bonchev–Trinajstić information content (AvgIpc) is 3.55. The highest BCUT2D eigenvalue weighted by molar-refractivity contribution is 5.70. The van der Waals surface area contributed by atoms with E-state index in [1.54, 1.807) is 0 Å². The van der Waals surface area contributed by atoms with Gasteiger partial charge in [-0.15, -0.1) is 0 Å². The lowest BCUT2D eigenvalue weighted by Crippen LogP contribution is -2.44. The SMILES string of the molecule is CC/C=C\C/C=C\C/C=C\C/C=C\C/C=C\C/C=C\C/C=C\C/C=C\C/C=C\CCCCCCCCCCCCCC(=O)OC(COC(=O)CCCCCCCCC/C=C\C/C=C\C/C=C\C/C=C\C/C=C\CC)COC(OCC[N+](C)(C)C)C(=O)[O-]. The Bertz CT molecular complexity index is 2030. The molecule has 0 aliphatic carbocycles. The molecule has 0 spiro atoms. The molecule has 0 fully saturated rings. The molecule has 0 aromatic heterocycles. The van der Waals surface area contributed by atoms with Gasteiger partial charge in [0, 0.05) is 12.8 Å². The van der Waals surface area contributed by atoms with Gasteiger partial charge < -0.3 is 33.3 Å². The van der Waals surface area contributed by atoms with Gasteiger partial charge in [-0.25, -0.2) is 0 Å². The van der Waals surface area contributed by atoms with Crippen LogP contribution in [-0.4, -0.2) is 82.3 Å². The number of aliphatic carboxylic acids is 1. The highest BCUT2D eigenvalue weighted by Crippen LogP contribution is 2.15. The summed E-state index contributed by atoms with van der Waals surface area (Å²) < 4.78 is 22.8. The van der Waals surface area contributed by atoms with Crippen LogP contribution in [0.5, 0.6) is 0 Å². The van der Waals surface area contributed by atoms with E-state index < -0.39 is 24.3 Å². The van der Waals surface area contributed by atoms with Crippen LogP contribution in [0.25, 0.3) is 0 Å². The summed E-state index contributed by atoms with van der Waals surface area (Å²) in [5, 5.41) is 11.8. The van der Waals surface area contributed by atoms with Gasteiger partial charge in [-0.3, -0.25) is 9.59 Å². The van der Waals surface area contributed by atoms with E-state index in [2.05, 4.69) is 184 Å². The summed E-state index contributed by atoms with van der Waals surface area (Å²) in [5.74, 6) is -2.32. The lowest BCUT2D eigenvalue weighted by atomic mass is 10.0. The quantitative estimate of drug-likeness (QED) is 0.0195. The number of nitrogens with zero attached hydrogens (tertiary/aromatic N) is 1. The summed E-state index contributed by atoms with van der Waals surface area (Å²) in [6, 6.07) is 0. The molecule has 0 saturated heterocycles. The second-order valence-electron chi connectivity index (χ2n) is 23.3. The number of unbranched alkanes of at least 4 members (excludes halogenated alkanes) is 18. The van der Waals surface area contributed by atoms with Gasteiger partial charge in [-0.05, 0) is 128 Å². The number of hydrogen-bond donors (Lipinski definition) is 0. The Labute approximate surface area is 533 Å². The van der Waals surface area contributed by atoms with Gasteiger partial charge in [0.25, 0.3) is 0 Å². The fourth-order valence-corrected chi connectivity index (χ4v) is 8.79. The number of likely N-dealkylation sites (N-methyl/N-ethyl adjacent to an activating group) is 1. The van der Waals surface area contributed by atoms with Gasteiger partial charge in [-0.1, -0.05) is 274 Å². The standard InChI is InChI=1S/C78H125NO8/c1-6-8-10-12-14-16-18-20-22-24-26-28-30-31-32-33-34-35-36-37-38-39-40-41-42-43-44-45-47-49-51-53-55-57-59-61-63-65-67-69-76(81)87-74(73-86-78(77(82)83)84-71-70-79(3,4)5)72-85-75(80)68-66-64-62-60-58-56-54-52-50-48-46-29-27-25-23-21-19-17-15-13-11-9-7-2/h8-11,14-17,20-23,26-29,31-32,34-35,37-38,40-41,43-44,48,50,74,78H,6-7,12-13,18-19,24-25,30,33,36,39,42,45-47,49,51-73H2,1-5H3/b10-8-,11-9-,16-14-,17-15-,22-20-,23-21-,28-26-,29-27-,32-31-,35-34-,38-37-,41-40-,44-43-,50-48-. The van der Waals surface area contributed by atoms with Crippen molar-refractivity contribution in [2.24, 2.45) is 0 Å². The Morgan fingerprint density at radius 1 is 0.345 bits per heavy atom. The van der Waals surface area contributed by atoms with Crippen molar-refractivity contribution >= 4 is 17.9 Å². The van der Waals surface area contributed by atoms with Crippen LogP contribution in [0, 0.1) is 0 Å². The molecule has 0 aromatic carbocycles. The molecule has 2 atom stereocenters. The van der Waals surface area contributed by atoms with Gasteiger partial charge >= 0.3 is 11.9 Å². The molecule has 0 heterocycles. The summed E-state index contributed by atoms with van der Waals surface area (Å²) in [5.41, 5.74) is 0. The lowest BCUT2D eigenvalue weighted by molar-refractivity contribution is -0.870. The summed E-state index contributed by atoms with van der Waals surface area (Å²) in [6.45, 7) is 4.49. The highest BCUT2D eigenvalue weighted by Gasteiger charge is 2.22. The molecule has 0 aliphatic rings. The molecule has 87 heavy (non-hydrogen) atoms. The van der Waals surface area contributed by atoms with E-state index in [-0.39, 0.29) is 38.6 Å². The summed E-state index contributed by atoms with van der Waals surface area (Å²) in [6.07, 6.45) is 97.0. The van der Waals surface area contributed by atoms with E-state index in [0.29, 0.717) is 17.4 Å². The third kappa shape index (κ3) is 68.0. The maximum atomic E-state index is 12.9. The van der Waals surface area contributed by atoms with Crippen molar-refractivity contribution in [3.05, 3.63) is 170 Å². The molecule has 0 N–H and O–H groups in total. The van der Waals surface area contributed by atoms with Crippen LogP contribution in [0.1, 0.15) is 245 Å². The Morgan fingerprint density at radius 2 is 0.621 bits per heavy atom. The number of hydrogen-bond acceptors (Lipinski definition) is 8. The van der Waals surface area contributed by atoms with Gasteiger partial charge in [0.1, 0.15) is 13.2 Å². The van der Waals surface area contributed by atoms with Crippen LogP contribution in [-0.2, 0) is 33.3 Å². The minimum absolute atomic E-state index is 0.136. The molecule has 0 amide bonds. The van der Waals surface area contributed by atoms with Crippen LogP contribution >= 0.6 is 0 Å². The average molecular weight is 1200 g/mol. The highest BCUT2D eigenvalue weighted by atomic mass is 16.7. The molecule has 490 valence electrons. The molecule has 9 nitrogen and oxygen atoms in total. The van der Waals surface area contributed by atoms with Gasteiger partial charge in [0.15, 0.2) is 12.4 Å². The first-order valence-electron chi connectivity index (χ1n) is 34.3. The zero-order chi connectivity index (χ0) is 63.3. The normalized spacial score (nSPS) is 13.8. The number of allylic oxidation sites excluding steroid dienone is 28. The lowest BCUT2D eigenvalue weighted by Gasteiger charge is -2.26. The molecule has 0 rings (SSSR count). The van der Waals surface area contributed by atoms with Crippen LogP contribution < -0.4 is 5.11 Å². The predicted octanol–water partition coefficient (Wildman–Crippen LogP) is 20.1. The maximum Gasteiger partial charge on any atom is 0.306 e. The van der Waals surface area contributed by atoms with Gasteiger partial charge in [0.2, 0.25) is 0 Å². The molecule has 0 saturated carbocycles. The second kappa shape index (κ2) is 66.6. The van der Waals surface area contributed by atoms with E-state index in [9.17, 15) is 19.5 Å². The zero-order valence-electron chi connectivity index (χ0n) is 55.8. The molecule has 0 bridgehead atoms. The first-order valence-corrected chi connectivity index (χ1v) is 34.3. The van der Waals surface area contributed by atoms with Crippen LogP contribution in [0.15, 0.2) is 170 Å². The van der Waals surface area contributed by atoms with Crippen molar-refractivity contribution in [3.8, 4) is 0 Å². The van der Waals surface area contributed by atoms with Crippen LogP contribution in [0.2, 0.25) is 0 Å². The number of carbonyl (C=O) groups excluding carboxylic acids is 3. The molecular formula is C78H125NO8. The molecule has 0 aliphatic heterocycles. The van der Waals surface area contributed by atoms with Crippen molar-refractivity contribution in [2.75, 3.05) is 47.5 Å². The minimum atomic E-state index is -1.64. The number of ether oxygens (including phenoxy) is 4. The van der Waals surface area contributed by atoms with Gasteiger partial charge in [-0.2, -0.15) is 0 Å². The smallest absolute Gasteiger partial charge is 0.306 e. The fourth-order valence-electron chi connectivity index (χ4n) is 8.79. The summed E-state index contributed by atoms with van der Waals surface area (Å²) in [7, 11) is 5.91. The van der Waals surface area contributed by atoms with Crippen LogP contribution in [0.3, 0.4) is 0 Å². The number of quaternary nitrogens is 1. The third-order valence-electron chi connectivity index (χ3n) is 14.0. The summed E-state index contributed by atoms with van der Waals surface area (Å²) in [4.78, 5) is 37.5. The summed E-state index contributed by atoms with van der Waals surface area (Å²) >= 11 is 0. The van der Waals surface area contributed by atoms with E-state index in [0.717, 1.165) is 148 Å². The van der Waals surface area contributed by atoms with E-state index in [1.807, 2.05) is 21.1 Å². The number of carbonyl (C=O) groups is 3. The fraction of sp³-hybridized carbons (Fsp3) is 0.603.